The average molecular weight is 219 g/mol. The lowest BCUT2D eigenvalue weighted by Crippen LogP contribution is -2.09. The fourth-order valence-corrected chi connectivity index (χ4v) is 1.53. The number of nitrogens with one attached hydrogen (secondary N) is 1. The monoisotopic (exact) mass is 218 g/mol. The predicted octanol–water partition coefficient (Wildman–Crippen LogP) is 2.18. The largest absolute Gasteiger partial charge is 0.323 e. The zero-order chi connectivity index (χ0) is 8.43. The minimum Gasteiger partial charge on any atom is -0.323 e. The van der Waals surface area contributed by atoms with Crippen LogP contribution in [0.5, 0.6) is 0 Å². The Labute approximate surface area is 72.7 Å². The van der Waals surface area contributed by atoms with Crippen molar-refractivity contribution in [2.24, 2.45) is 5.84 Å². The molecule has 0 amide bonds. The van der Waals surface area contributed by atoms with E-state index in [0.29, 0.717) is 10.2 Å². The van der Waals surface area contributed by atoms with Crippen molar-refractivity contribution < 1.29 is 4.39 Å². The normalized spacial score (nSPS) is 9.82. The minimum absolute atomic E-state index is 0.270. The molecule has 0 heterocycles. The molecule has 0 radical (unpaired) electrons. The van der Waals surface area contributed by atoms with Crippen molar-refractivity contribution in [3.63, 3.8) is 0 Å². The van der Waals surface area contributed by atoms with Crippen molar-refractivity contribution in [2.75, 3.05) is 5.43 Å². The maximum absolute atomic E-state index is 12.6. The van der Waals surface area contributed by atoms with Gasteiger partial charge in [-0.05, 0) is 40.5 Å². The number of nitrogen functional groups attached to an aromatic ring is 1. The van der Waals surface area contributed by atoms with Gasteiger partial charge in [0.25, 0.3) is 0 Å². The van der Waals surface area contributed by atoms with E-state index < -0.39 is 0 Å². The van der Waals surface area contributed by atoms with Gasteiger partial charge in [-0.2, -0.15) is 0 Å². The van der Waals surface area contributed by atoms with Crippen LogP contribution in [0.2, 0.25) is 0 Å². The Balaban J connectivity index is 3.25. The Morgan fingerprint density at radius 2 is 2.18 bits per heavy atom. The molecule has 0 aliphatic rings. The van der Waals surface area contributed by atoms with E-state index in [1.54, 1.807) is 6.92 Å². The number of benzene rings is 1. The Morgan fingerprint density at radius 1 is 1.55 bits per heavy atom. The molecule has 0 atom stereocenters. The summed E-state index contributed by atoms with van der Waals surface area (Å²) >= 11 is 3.18. The summed E-state index contributed by atoms with van der Waals surface area (Å²) in [6, 6.07) is 2.78. The van der Waals surface area contributed by atoms with Gasteiger partial charge in [0, 0.05) is 4.47 Å². The van der Waals surface area contributed by atoms with Crippen LogP contribution in [0.15, 0.2) is 16.6 Å². The van der Waals surface area contributed by atoms with Gasteiger partial charge >= 0.3 is 0 Å². The van der Waals surface area contributed by atoms with Crippen LogP contribution in [-0.4, -0.2) is 0 Å². The lowest BCUT2D eigenvalue weighted by Gasteiger charge is -2.06. The van der Waals surface area contributed by atoms with Gasteiger partial charge in [0.2, 0.25) is 0 Å². The first-order valence-corrected chi connectivity index (χ1v) is 3.86. The van der Waals surface area contributed by atoms with Crippen LogP contribution in [0.1, 0.15) is 5.56 Å². The second-order valence-corrected chi connectivity index (χ2v) is 3.08. The molecule has 0 saturated carbocycles. The van der Waals surface area contributed by atoms with Gasteiger partial charge < -0.3 is 5.43 Å². The van der Waals surface area contributed by atoms with Crippen molar-refractivity contribution in [2.45, 2.75) is 6.92 Å². The molecular weight excluding hydrogens is 211 g/mol. The zero-order valence-corrected chi connectivity index (χ0v) is 7.57. The third kappa shape index (κ3) is 1.70. The third-order valence-corrected chi connectivity index (χ3v) is 2.02. The quantitative estimate of drug-likeness (QED) is 0.561. The van der Waals surface area contributed by atoms with Gasteiger partial charge in [-0.1, -0.05) is 0 Å². The van der Waals surface area contributed by atoms with E-state index in [9.17, 15) is 4.39 Å². The first-order chi connectivity index (χ1) is 5.15. The standard InChI is InChI=1S/C7H8BrFN2/c1-4-2-5(9)3-6(8)7(4)11-10/h2-3,11H,10H2,1H3. The van der Waals surface area contributed by atoms with Gasteiger partial charge in [0.15, 0.2) is 0 Å². The van der Waals surface area contributed by atoms with Crippen molar-refractivity contribution in [3.8, 4) is 0 Å². The molecule has 0 saturated heterocycles. The highest BCUT2D eigenvalue weighted by molar-refractivity contribution is 9.10. The molecule has 3 N–H and O–H groups in total. The molecule has 1 aromatic rings. The smallest absolute Gasteiger partial charge is 0.124 e. The molecule has 2 nitrogen and oxygen atoms in total. The fourth-order valence-electron chi connectivity index (χ4n) is 0.885. The van der Waals surface area contributed by atoms with E-state index in [1.807, 2.05) is 0 Å². The van der Waals surface area contributed by atoms with Crippen LogP contribution < -0.4 is 11.3 Å². The molecular formula is C7H8BrFN2. The van der Waals surface area contributed by atoms with Crippen molar-refractivity contribution >= 4 is 21.6 Å². The predicted molar refractivity (Wildman–Crippen MR) is 46.6 cm³/mol. The Kier molecular flexibility index (Phi) is 2.46. The van der Waals surface area contributed by atoms with E-state index in [1.165, 1.54) is 12.1 Å². The Morgan fingerprint density at radius 3 is 2.64 bits per heavy atom. The number of rotatable bonds is 1. The molecule has 0 aromatic heterocycles. The number of hydrogen-bond donors (Lipinski definition) is 2. The topological polar surface area (TPSA) is 38.0 Å². The molecule has 0 spiro atoms. The maximum atomic E-state index is 12.6. The van der Waals surface area contributed by atoms with Gasteiger partial charge in [-0.15, -0.1) is 0 Å². The number of aryl methyl sites for hydroxylation is 1. The van der Waals surface area contributed by atoms with Crippen LogP contribution in [0.25, 0.3) is 0 Å². The van der Waals surface area contributed by atoms with Crippen LogP contribution in [0.3, 0.4) is 0 Å². The van der Waals surface area contributed by atoms with Gasteiger partial charge in [-0.3, -0.25) is 5.84 Å². The molecule has 0 aliphatic heterocycles. The van der Waals surface area contributed by atoms with E-state index >= 15 is 0 Å². The lowest BCUT2D eigenvalue weighted by molar-refractivity contribution is 0.626. The third-order valence-electron chi connectivity index (χ3n) is 1.40. The maximum Gasteiger partial charge on any atom is 0.124 e. The number of anilines is 1. The average Bonchev–Trinajstić information content (AvgIpc) is 1.85. The van der Waals surface area contributed by atoms with Gasteiger partial charge in [0.05, 0.1) is 5.69 Å². The SMILES string of the molecule is Cc1cc(F)cc(Br)c1NN. The highest BCUT2D eigenvalue weighted by atomic mass is 79.9. The lowest BCUT2D eigenvalue weighted by atomic mass is 10.2. The molecule has 1 aromatic carbocycles. The number of hydrazine groups is 1. The van der Waals surface area contributed by atoms with Crippen molar-refractivity contribution in [1.82, 2.24) is 0 Å². The molecule has 11 heavy (non-hydrogen) atoms. The van der Waals surface area contributed by atoms with Gasteiger partial charge in [0.1, 0.15) is 5.82 Å². The van der Waals surface area contributed by atoms with Gasteiger partial charge in [-0.25, -0.2) is 4.39 Å². The van der Waals surface area contributed by atoms with E-state index in [-0.39, 0.29) is 5.82 Å². The fraction of sp³-hybridized carbons (Fsp3) is 0.143. The van der Waals surface area contributed by atoms with Crippen LogP contribution in [-0.2, 0) is 0 Å². The highest BCUT2D eigenvalue weighted by Crippen LogP contribution is 2.26. The summed E-state index contributed by atoms with van der Waals surface area (Å²) in [7, 11) is 0. The first kappa shape index (κ1) is 8.49. The minimum atomic E-state index is -0.270. The van der Waals surface area contributed by atoms with Crippen molar-refractivity contribution in [1.29, 1.82) is 0 Å². The second-order valence-electron chi connectivity index (χ2n) is 2.22. The summed E-state index contributed by atoms with van der Waals surface area (Å²) in [5, 5.41) is 0. The molecule has 60 valence electrons. The summed E-state index contributed by atoms with van der Waals surface area (Å²) in [6.07, 6.45) is 0. The summed E-state index contributed by atoms with van der Waals surface area (Å²) < 4.78 is 13.3. The van der Waals surface area contributed by atoms with Crippen LogP contribution in [0, 0.1) is 12.7 Å². The zero-order valence-electron chi connectivity index (χ0n) is 5.99. The highest BCUT2D eigenvalue weighted by Gasteiger charge is 2.03. The van der Waals surface area contributed by atoms with E-state index in [0.717, 1.165) is 5.56 Å². The summed E-state index contributed by atoms with van der Waals surface area (Å²) in [5.41, 5.74) is 3.97. The number of hydrogen-bond acceptors (Lipinski definition) is 2. The van der Waals surface area contributed by atoms with Crippen molar-refractivity contribution in [3.05, 3.63) is 28.0 Å². The van der Waals surface area contributed by atoms with Crippen LogP contribution >= 0.6 is 15.9 Å². The van der Waals surface area contributed by atoms with Crippen LogP contribution in [0.4, 0.5) is 10.1 Å². The van der Waals surface area contributed by atoms with E-state index in [2.05, 4.69) is 21.4 Å². The summed E-state index contributed by atoms with van der Waals surface area (Å²) in [4.78, 5) is 0. The molecule has 0 fully saturated rings. The van der Waals surface area contributed by atoms with E-state index in [4.69, 9.17) is 5.84 Å². The second kappa shape index (κ2) is 3.19. The summed E-state index contributed by atoms with van der Waals surface area (Å²) in [6.45, 7) is 1.78. The molecule has 4 heteroatoms. The Hall–Kier alpha value is -0.610. The number of nitrogens with two attached hydrogens (primary N) is 1. The first-order valence-electron chi connectivity index (χ1n) is 3.07. The number of halogens is 2. The summed E-state index contributed by atoms with van der Waals surface area (Å²) in [5.74, 6) is 4.93. The molecule has 0 bridgehead atoms. The Bertz CT molecular complexity index is 252. The molecule has 1 rings (SSSR count). The molecule has 0 aliphatic carbocycles. The molecule has 0 unspecified atom stereocenters.